The van der Waals surface area contributed by atoms with E-state index in [9.17, 15) is 18.5 Å². The number of nitriles is 1. The van der Waals surface area contributed by atoms with Gasteiger partial charge >= 0.3 is 0 Å². The van der Waals surface area contributed by atoms with Gasteiger partial charge in [0.15, 0.2) is 0 Å². The van der Waals surface area contributed by atoms with E-state index in [1.54, 1.807) is 23.6 Å². The Morgan fingerprint density at radius 1 is 1.23 bits per heavy atom. The molecule has 1 aromatic carbocycles. The van der Waals surface area contributed by atoms with Crippen LogP contribution in [0.3, 0.4) is 0 Å². The van der Waals surface area contributed by atoms with Crippen LogP contribution in [0.15, 0.2) is 51.3 Å². The van der Waals surface area contributed by atoms with E-state index < -0.39 is 10.0 Å². The van der Waals surface area contributed by atoms with Gasteiger partial charge in [-0.3, -0.25) is 9.52 Å². The number of fused-ring (bicyclic) bond motifs is 1. The van der Waals surface area contributed by atoms with Gasteiger partial charge in [-0.15, -0.1) is 11.3 Å². The second-order valence-corrected chi connectivity index (χ2v) is 12.0. The summed E-state index contributed by atoms with van der Waals surface area (Å²) in [5, 5.41) is 20.8. The SMILES string of the molecule is CC1Cc2cc(NS(=O)(=O)c3cccs3)ccc2N/C(=C(\CCC#N)C(=O)NC2CCCCC2)N1. The monoisotopic (exact) mass is 513 g/mol. The molecule has 1 aliphatic heterocycles. The third kappa shape index (κ3) is 6.35. The van der Waals surface area contributed by atoms with Crippen molar-refractivity contribution in [3.63, 3.8) is 0 Å². The van der Waals surface area contributed by atoms with Gasteiger partial charge < -0.3 is 16.0 Å². The molecular weight excluding hydrogens is 482 g/mol. The number of anilines is 2. The number of thiophene rings is 1. The lowest BCUT2D eigenvalue weighted by Gasteiger charge is -2.25. The Balaban J connectivity index is 1.59. The van der Waals surface area contributed by atoms with Crippen LogP contribution in [0, 0.1) is 11.3 Å². The zero-order chi connectivity index (χ0) is 24.8. The summed E-state index contributed by atoms with van der Waals surface area (Å²) in [6.45, 7) is 2.01. The van der Waals surface area contributed by atoms with Crippen molar-refractivity contribution in [3.05, 3.63) is 52.7 Å². The summed E-state index contributed by atoms with van der Waals surface area (Å²) >= 11 is 1.17. The van der Waals surface area contributed by atoms with Crippen molar-refractivity contribution < 1.29 is 13.2 Å². The molecule has 2 heterocycles. The van der Waals surface area contributed by atoms with E-state index in [-0.39, 0.29) is 28.6 Å². The molecule has 1 unspecified atom stereocenters. The average molecular weight is 514 g/mol. The molecule has 1 atom stereocenters. The van der Waals surface area contributed by atoms with Gasteiger partial charge in [-0.25, -0.2) is 8.42 Å². The Morgan fingerprint density at radius 3 is 2.74 bits per heavy atom. The van der Waals surface area contributed by atoms with Crippen LogP contribution in [0.2, 0.25) is 0 Å². The third-order valence-electron chi connectivity index (χ3n) is 6.30. The second-order valence-electron chi connectivity index (χ2n) is 9.10. The molecule has 0 bridgehead atoms. The van der Waals surface area contributed by atoms with Gasteiger partial charge in [0.2, 0.25) is 0 Å². The Bertz CT molecular complexity index is 1230. The summed E-state index contributed by atoms with van der Waals surface area (Å²) in [6, 6.07) is 10.9. The molecule has 2 aliphatic rings. The summed E-state index contributed by atoms with van der Waals surface area (Å²) in [4.78, 5) is 13.2. The highest BCUT2D eigenvalue weighted by Crippen LogP contribution is 2.29. The molecule has 186 valence electrons. The van der Waals surface area contributed by atoms with Crippen molar-refractivity contribution in [3.8, 4) is 6.07 Å². The fraction of sp³-hybridized carbons (Fsp3) is 0.440. The highest BCUT2D eigenvalue weighted by molar-refractivity contribution is 7.94. The largest absolute Gasteiger partial charge is 0.368 e. The smallest absolute Gasteiger partial charge is 0.271 e. The van der Waals surface area contributed by atoms with Crippen molar-refractivity contribution >= 4 is 38.6 Å². The molecule has 4 rings (SSSR count). The number of nitrogens with one attached hydrogen (secondary N) is 4. The predicted octanol–water partition coefficient (Wildman–Crippen LogP) is 4.46. The number of nitrogens with zero attached hydrogens (tertiary/aromatic N) is 1. The molecule has 1 aliphatic carbocycles. The number of hydrogen-bond acceptors (Lipinski definition) is 7. The van der Waals surface area contributed by atoms with Crippen LogP contribution in [0.25, 0.3) is 0 Å². The maximum atomic E-state index is 13.2. The molecule has 0 spiro atoms. The molecule has 2 aromatic rings. The first-order chi connectivity index (χ1) is 16.9. The number of carbonyl (C=O) groups is 1. The van der Waals surface area contributed by atoms with E-state index in [1.807, 2.05) is 19.1 Å². The van der Waals surface area contributed by atoms with E-state index in [4.69, 9.17) is 0 Å². The van der Waals surface area contributed by atoms with E-state index in [0.717, 1.165) is 36.9 Å². The lowest BCUT2D eigenvalue weighted by molar-refractivity contribution is -0.118. The van der Waals surface area contributed by atoms with Crippen LogP contribution in [-0.4, -0.2) is 26.4 Å². The molecule has 0 saturated heterocycles. The van der Waals surface area contributed by atoms with E-state index in [0.29, 0.717) is 29.9 Å². The van der Waals surface area contributed by atoms with Crippen molar-refractivity contribution in [1.82, 2.24) is 10.6 Å². The summed E-state index contributed by atoms with van der Waals surface area (Å²) in [6.07, 6.45) is 6.63. The summed E-state index contributed by atoms with van der Waals surface area (Å²) < 4.78 is 28.2. The topological polar surface area (TPSA) is 123 Å². The maximum absolute atomic E-state index is 13.2. The Morgan fingerprint density at radius 2 is 2.03 bits per heavy atom. The third-order valence-corrected chi connectivity index (χ3v) is 9.08. The summed E-state index contributed by atoms with van der Waals surface area (Å²) in [5.41, 5.74) is 2.76. The molecule has 1 amide bonds. The van der Waals surface area contributed by atoms with Crippen LogP contribution in [-0.2, 0) is 21.2 Å². The minimum absolute atomic E-state index is 0.0116. The van der Waals surface area contributed by atoms with Crippen LogP contribution in [0.1, 0.15) is 57.4 Å². The fourth-order valence-corrected chi connectivity index (χ4v) is 6.63. The summed E-state index contributed by atoms with van der Waals surface area (Å²) in [5.74, 6) is 0.463. The fourth-order valence-electron chi connectivity index (χ4n) is 4.58. The first kappa shape index (κ1) is 25.1. The number of carbonyl (C=O) groups excluding carboxylic acids is 1. The molecule has 8 nitrogen and oxygen atoms in total. The van der Waals surface area contributed by atoms with Gasteiger partial charge in [-0.1, -0.05) is 25.3 Å². The van der Waals surface area contributed by atoms with Crippen LogP contribution >= 0.6 is 11.3 Å². The number of amides is 1. The molecule has 0 radical (unpaired) electrons. The molecule has 1 aromatic heterocycles. The quantitative estimate of drug-likeness (QED) is 0.406. The van der Waals surface area contributed by atoms with Gasteiger partial charge in [0, 0.05) is 29.9 Å². The first-order valence-electron chi connectivity index (χ1n) is 12.0. The average Bonchev–Trinajstić information content (AvgIpc) is 3.32. The van der Waals surface area contributed by atoms with Crippen molar-refractivity contribution in [1.29, 1.82) is 5.26 Å². The van der Waals surface area contributed by atoms with Gasteiger partial charge in [0.25, 0.3) is 15.9 Å². The highest BCUT2D eigenvalue weighted by Gasteiger charge is 2.25. The minimum Gasteiger partial charge on any atom is -0.368 e. The predicted molar refractivity (Wildman–Crippen MR) is 138 cm³/mol. The molecule has 35 heavy (non-hydrogen) atoms. The second kappa shape index (κ2) is 11.1. The van der Waals surface area contributed by atoms with E-state index in [1.165, 1.54) is 17.8 Å². The normalized spacial score (nSPS) is 19.8. The Labute approximate surface area is 210 Å². The standard InChI is InChI=1S/C25H31N5O3S2/c1-17-15-18-16-20(30-35(32,33)23-10-6-14-34-23)11-12-22(18)29-24(27-17)21(9-5-13-26)25(31)28-19-7-3-2-4-8-19/h6,10-12,14,16-17,19,27,29-30H,2-5,7-9,15H2,1H3,(H,28,31)/b24-21+. The van der Waals surface area contributed by atoms with Gasteiger partial charge in [-0.05, 0) is 67.8 Å². The minimum atomic E-state index is -3.64. The van der Waals surface area contributed by atoms with Gasteiger partial charge in [-0.2, -0.15) is 5.26 Å². The number of hydrogen-bond donors (Lipinski definition) is 4. The first-order valence-corrected chi connectivity index (χ1v) is 14.4. The lowest BCUT2D eigenvalue weighted by Crippen LogP contribution is -2.39. The number of sulfonamides is 1. The van der Waals surface area contributed by atoms with Crippen molar-refractivity contribution in [2.24, 2.45) is 0 Å². The zero-order valence-corrected chi connectivity index (χ0v) is 21.4. The van der Waals surface area contributed by atoms with Crippen molar-refractivity contribution in [2.45, 2.75) is 74.6 Å². The maximum Gasteiger partial charge on any atom is 0.271 e. The van der Waals surface area contributed by atoms with Crippen LogP contribution < -0.4 is 20.7 Å². The van der Waals surface area contributed by atoms with Crippen LogP contribution in [0.4, 0.5) is 11.4 Å². The van der Waals surface area contributed by atoms with Crippen molar-refractivity contribution in [2.75, 3.05) is 10.0 Å². The van der Waals surface area contributed by atoms with Gasteiger partial charge in [0.05, 0.1) is 11.6 Å². The van der Waals surface area contributed by atoms with Crippen LogP contribution in [0.5, 0.6) is 0 Å². The molecule has 4 N–H and O–H groups in total. The van der Waals surface area contributed by atoms with Gasteiger partial charge in [0.1, 0.15) is 10.0 Å². The molecule has 1 fully saturated rings. The zero-order valence-electron chi connectivity index (χ0n) is 19.8. The Hall–Kier alpha value is -3.03. The number of rotatable bonds is 7. The Kier molecular flexibility index (Phi) is 7.98. The lowest BCUT2D eigenvalue weighted by atomic mass is 9.95. The molecule has 1 saturated carbocycles. The highest BCUT2D eigenvalue weighted by atomic mass is 32.2. The molecule has 10 heteroatoms. The van der Waals surface area contributed by atoms with E-state index >= 15 is 0 Å². The van der Waals surface area contributed by atoms with E-state index in [2.05, 4.69) is 26.7 Å². The number of benzene rings is 1. The summed E-state index contributed by atoms with van der Waals surface area (Å²) in [7, 11) is -3.64. The molecular formula is C25H31N5O3S2.